The number of pyridine rings is 2. The molecule has 53 heavy (non-hydrogen) atoms. The zero-order chi connectivity index (χ0) is 36.6. The fourth-order valence-corrected chi connectivity index (χ4v) is 6.75. The molecule has 8 nitrogen and oxygen atoms in total. The molecule has 3 aromatic carbocycles. The molecule has 0 fully saturated rings. The summed E-state index contributed by atoms with van der Waals surface area (Å²) in [5.41, 5.74) is 8.85. The molecule has 3 aromatic heterocycles. The monoisotopic (exact) mass is 703 g/mol. The highest BCUT2D eigenvalue weighted by atomic mass is 16.5. The fraction of sp³-hybridized carbons (Fsp3) is 0.244. The van der Waals surface area contributed by atoms with Crippen molar-refractivity contribution >= 4 is 11.6 Å². The lowest BCUT2D eigenvalue weighted by molar-refractivity contribution is -0.120. The highest BCUT2D eigenvalue weighted by Gasteiger charge is 2.33. The Morgan fingerprint density at radius 1 is 0.849 bits per heavy atom. The van der Waals surface area contributed by atoms with Gasteiger partial charge in [-0.2, -0.15) is 5.10 Å². The molecule has 0 spiro atoms. The Bertz CT molecular complexity index is 2130. The predicted octanol–water partition coefficient (Wildman–Crippen LogP) is 9.21. The summed E-state index contributed by atoms with van der Waals surface area (Å²) in [6, 6.07) is 34.2. The van der Waals surface area contributed by atoms with Crippen LogP contribution in [0.25, 0.3) is 0 Å². The molecule has 2 atom stereocenters. The third-order valence-electron chi connectivity index (χ3n) is 9.93. The second kappa shape index (κ2) is 16.5. The topological polar surface area (TPSA) is 82.4 Å². The Morgan fingerprint density at radius 3 is 2.28 bits per heavy atom. The molecular formula is C45H45N5O3. The van der Waals surface area contributed by atoms with E-state index in [1.54, 1.807) is 6.20 Å². The SMILES string of the molecule is C=C(C)C(C)c1ccc(N(Cc2cnn(Cc3ccc(OCc4ccccc4)cn3)c2)C(=O)C2CCCc3c(OCc4ccccc4)cccc32)cn1. The van der Waals surface area contributed by atoms with E-state index in [1.165, 1.54) is 0 Å². The van der Waals surface area contributed by atoms with Gasteiger partial charge in [0.15, 0.2) is 0 Å². The standard InChI is InChI=1S/C45H45N5O3/c1-32(2)33(3)43-23-21-38(25-47-43)50(45(51)42-18-10-17-41-40(42)16-11-19-44(41)53-31-35-14-8-5-9-15-35)28-36-24-48-49(27-36)29-37-20-22-39(26-46-37)52-30-34-12-6-4-7-13-34/h4-9,11-16,19-27,33,42H,1,10,17-18,28-31H2,2-3H3. The highest BCUT2D eigenvalue weighted by molar-refractivity contribution is 5.98. The third-order valence-corrected chi connectivity index (χ3v) is 9.93. The van der Waals surface area contributed by atoms with Crippen molar-refractivity contribution < 1.29 is 14.3 Å². The molecule has 0 bridgehead atoms. The quantitative estimate of drug-likeness (QED) is 0.105. The van der Waals surface area contributed by atoms with E-state index in [1.807, 2.05) is 120 Å². The van der Waals surface area contributed by atoms with E-state index in [0.29, 0.717) is 32.1 Å². The molecule has 3 heterocycles. The second-order valence-corrected chi connectivity index (χ2v) is 13.8. The van der Waals surface area contributed by atoms with Gasteiger partial charge in [-0.05, 0) is 78.8 Å². The van der Waals surface area contributed by atoms with Crippen LogP contribution in [-0.2, 0) is 37.5 Å². The Balaban J connectivity index is 1.09. The van der Waals surface area contributed by atoms with E-state index < -0.39 is 0 Å². The average molecular weight is 704 g/mol. The van der Waals surface area contributed by atoms with Crippen molar-refractivity contribution in [2.24, 2.45) is 0 Å². The van der Waals surface area contributed by atoms with Gasteiger partial charge in [-0.3, -0.25) is 19.4 Å². The fourth-order valence-electron chi connectivity index (χ4n) is 6.75. The van der Waals surface area contributed by atoms with Crippen molar-refractivity contribution in [1.29, 1.82) is 0 Å². The van der Waals surface area contributed by atoms with Gasteiger partial charge in [0.25, 0.3) is 0 Å². The first kappa shape index (κ1) is 35.4. The van der Waals surface area contributed by atoms with Gasteiger partial charge in [-0.15, -0.1) is 0 Å². The number of hydrogen-bond donors (Lipinski definition) is 0. The number of anilines is 1. The molecule has 0 aliphatic heterocycles. The normalized spacial score (nSPS) is 14.2. The first-order valence-electron chi connectivity index (χ1n) is 18.3. The molecule has 1 amide bonds. The van der Waals surface area contributed by atoms with E-state index >= 15 is 0 Å². The van der Waals surface area contributed by atoms with Crippen LogP contribution in [0.15, 0.2) is 140 Å². The summed E-state index contributed by atoms with van der Waals surface area (Å²) >= 11 is 0. The predicted molar refractivity (Wildman–Crippen MR) is 208 cm³/mol. The van der Waals surface area contributed by atoms with Crippen LogP contribution in [-0.4, -0.2) is 25.7 Å². The number of carbonyl (C=O) groups is 1. The smallest absolute Gasteiger partial charge is 0.234 e. The molecule has 0 saturated heterocycles. The van der Waals surface area contributed by atoms with Crippen molar-refractivity contribution in [3.63, 3.8) is 0 Å². The van der Waals surface area contributed by atoms with Crippen LogP contribution in [0.5, 0.6) is 11.5 Å². The first-order valence-corrected chi connectivity index (χ1v) is 18.3. The number of carbonyl (C=O) groups excluding carboxylic acids is 1. The van der Waals surface area contributed by atoms with Gasteiger partial charge in [0.2, 0.25) is 5.91 Å². The zero-order valence-electron chi connectivity index (χ0n) is 30.4. The molecule has 1 aliphatic rings. The van der Waals surface area contributed by atoms with Crippen molar-refractivity contribution in [3.8, 4) is 11.5 Å². The molecule has 0 saturated carbocycles. The van der Waals surface area contributed by atoms with Crippen molar-refractivity contribution in [2.45, 2.75) is 71.2 Å². The van der Waals surface area contributed by atoms with Gasteiger partial charge in [0, 0.05) is 23.4 Å². The van der Waals surface area contributed by atoms with Gasteiger partial charge in [0.1, 0.15) is 24.7 Å². The number of aromatic nitrogens is 4. The van der Waals surface area contributed by atoms with Gasteiger partial charge in [-0.25, -0.2) is 0 Å². The number of hydrogen-bond acceptors (Lipinski definition) is 6. The summed E-state index contributed by atoms with van der Waals surface area (Å²) in [6.45, 7) is 10.0. The van der Waals surface area contributed by atoms with E-state index in [9.17, 15) is 4.79 Å². The lowest BCUT2D eigenvalue weighted by atomic mass is 9.81. The Labute approximate surface area is 311 Å². The first-order chi connectivity index (χ1) is 25.9. The van der Waals surface area contributed by atoms with Gasteiger partial charge >= 0.3 is 0 Å². The molecule has 6 aromatic rings. The molecular weight excluding hydrogens is 659 g/mol. The minimum absolute atomic E-state index is 0.0363. The maximum atomic E-state index is 14.8. The summed E-state index contributed by atoms with van der Waals surface area (Å²) in [5, 5.41) is 4.64. The lowest BCUT2D eigenvalue weighted by Crippen LogP contribution is -2.36. The molecule has 7 rings (SSSR count). The molecule has 268 valence electrons. The Kier molecular flexibility index (Phi) is 11.0. The van der Waals surface area contributed by atoms with Crippen LogP contribution in [0.1, 0.15) is 77.7 Å². The van der Waals surface area contributed by atoms with Crippen molar-refractivity contribution in [1.82, 2.24) is 19.7 Å². The van der Waals surface area contributed by atoms with E-state index in [2.05, 4.69) is 41.8 Å². The molecule has 1 aliphatic carbocycles. The van der Waals surface area contributed by atoms with Crippen LogP contribution in [0, 0.1) is 0 Å². The highest BCUT2D eigenvalue weighted by Crippen LogP contribution is 2.39. The van der Waals surface area contributed by atoms with Crippen LogP contribution in [0.2, 0.25) is 0 Å². The minimum atomic E-state index is -0.310. The zero-order valence-corrected chi connectivity index (χ0v) is 30.4. The summed E-state index contributed by atoms with van der Waals surface area (Å²) in [7, 11) is 0. The summed E-state index contributed by atoms with van der Waals surface area (Å²) in [4.78, 5) is 26.0. The number of rotatable bonds is 14. The summed E-state index contributed by atoms with van der Waals surface area (Å²) in [6.07, 6.45) is 9.90. The average Bonchev–Trinajstić information content (AvgIpc) is 3.65. The molecule has 2 unspecified atom stereocenters. The van der Waals surface area contributed by atoms with Gasteiger partial charge in [0.05, 0.1) is 49.0 Å². The number of ether oxygens (including phenoxy) is 2. The minimum Gasteiger partial charge on any atom is -0.489 e. The number of benzene rings is 3. The maximum absolute atomic E-state index is 14.8. The van der Waals surface area contributed by atoms with Crippen LogP contribution < -0.4 is 14.4 Å². The van der Waals surface area contributed by atoms with Crippen molar-refractivity contribution in [3.05, 3.63) is 179 Å². The molecule has 0 N–H and O–H groups in total. The van der Waals surface area contributed by atoms with Crippen LogP contribution in [0.3, 0.4) is 0 Å². The lowest BCUT2D eigenvalue weighted by Gasteiger charge is -2.31. The third kappa shape index (κ3) is 8.72. The summed E-state index contributed by atoms with van der Waals surface area (Å²) < 4.78 is 14.1. The van der Waals surface area contributed by atoms with Gasteiger partial charge < -0.3 is 14.4 Å². The van der Waals surface area contributed by atoms with Gasteiger partial charge in [-0.1, -0.05) is 91.9 Å². The summed E-state index contributed by atoms with van der Waals surface area (Å²) in [5.74, 6) is 1.40. The number of nitrogens with zero attached hydrogens (tertiary/aromatic N) is 5. The van der Waals surface area contributed by atoms with Crippen LogP contribution >= 0.6 is 0 Å². The Hall–Kier alpha value is -6.02. The van der Waals surface area contributed by atoms with E-state index in [-0.39, 0.29) is 17.7 Å². The van der Waals surface area contributed by atoms with Crippen LogP contribution in [0.4, 0.5) is 5.69 Å². The number of allylic oxidation sites excluding steroid dienone is 1. The number of fused-ring (bicyclic) bond motifs is 1. The maximum Gasteiger partial charge on any atom is 0.234 e. The van der Waals surface area contributed by atoms with E-state index in [0.717, 1.165) is 75.5 Å². The molecule has 8 heteroatoms. The second-order valence-electron chi connectivity index (χ2n) is 13.8. The number of amides is 1. The Morgan fingerprint density at radius 2 is 1.60 bits per heavy atom. The van der Waals surface area contributed by atoms with E-state index in [4.69, 9.17) is 14.5 Å². The largest absolute Gasteiger partial charge is 0.489 e. The molecule has 0 radical (unpaired) electrons. The van der Waals surface area contributed by atoms with Crippen molar-refractivity contribution in [2.75, 3.05) is 4.90 Å².